The Bertz CT molecular complexity index is 1520. The molecule has 10 nitrogen and oxygen atoms in total. The van der Waals surface area contributed by atoms with Crippen LogP contribution in [-0.2, 0) is 22.6 Å². The first kappa shape index (κ1) is 30.1. The Morgan fingerprint density at radius 1 is 0.905 bits per heavy atom. The summed E-state index contributed by atoms with van der Waals surface area (Å²) in [7, 11) is 0. The number of hydrogen-bond acceptors (Lipinski definition) is 6. The van der Waals surface area contributed by atoms with E-state index in [9.17, 15) is 19.2 Å². The number of para-hydroxylation sites is 1. The number of hydrogen-bond donors (Lipinski definition) is 4. The topological polar surface area (TPSA) is 147 Å². The largest absolute Gasteiger partial charge is 0.478 e. The van der Waals surface area contributed by atoms with Crippen LogP contribution in [0.2, 0.25) is 5.02 Å². The second kappa shape index (κ2) is 14.7. The molecule has 0 aliphatic rings. The van der Waals surface area contributed by atoms with Crippen LogP contribution < -0.4 is 16.0 Å². The third-order valence-corrected chi connectivity index (χ3v) is 6.81. The molecule has 218 valence electrons. The highest BCUT2D eigenvalue weighted by Gasteiger charge is 2.23. The maximum atomic E-state index is 13.1. The smallest absolute Gasteiger partial charge is 0.407 e. The molecule has 4 N–H and O–H groups in total. The van der Waals surface area contributed by atoms with Crippen LogP contribution in [0, 0.1) is 0 Å². The van der Waals surface area contributed by atoms with E-state index in [1.807, 2.05) is 12.1 Å². The van der Waals surface area contributed by atoms with Gasteiger partial charge in [-0.2, -0.15) is 0 Å². The van der Waals surface area contributed by atoms with Crippen LogP contribution in [0.1, 0.15) is 44.9 Å². The molecule has 42 heavy (non-hydrogen) atoms. The number of rotatable bonds is 13. The third kappa shape index (κ3) is 8.58. The van der Waals surface area contributed by atoms with E-state index in [0.29, 0.717) is 29.0 Å². The van der Waals surface area contributed by atoms with Crippen molar-refractivity contribution in [3.63, 3.8) is 0 Å². The second-order valence-electron chi connectivity index (χ2n) is 9.45. The van der Waals surface area contributed by atoms with Gasteiger partial charge >= 0.3 is 12.1 Å². The number of nitrogens with one attached hydrogen (secondary N) is 3. The average Bonchev–Trinajstić information content (AvgIpc) is 3.43. The van der Waals surface area contributed by atoms with Gasteiger partial charge in [0.25, 0.3) is 5.91 Å². The van der Waals surface area contributed by atoms with Gasteiger partial charge in [-0.1, -0.05) is 60.1 Å². The zero-order valence-corrected chi connectivity index (χ0v) is 23.4. The average molecular weight is 592 g/mol. The lowest BCUT2D eigenvalue weighted by atomic mass is 10.1. The Morgan fingerprint density at radius 2 is 1.64 bits per heavy atom. The highest BCUT2D eigenvalue weighted by Crippen LogP contribution is 2.19. The van der Waals surface area contributed by atoms with Crippen molar-refractivity contribution >= 4 is 46.4 Å². The summed E-state index contributed by atoms with van der Waals surface area (Å²) in [5.41, 5.74) is 2.26. The van der Waals surface area contributed by atoms with Crippen LogP contribution in [0.3, 0.4) is 0 Å². The van der Waals surface area contributed by atoms with Gasteiger partial charge in [0.2, 0.25) is 5.91 Å². The first-order valence-corrected chi connectivity index (χ1v) is 13.7. The van der Waals surface area contributed by atoms with Crippen molar-refractivity contribution in [2.75, 3.05) is 13.1 Å². The van der Waals surface area contributed by atoms with Crippen LogP contribution in [0.25, 0.3) is 11.0 Å². The van der Waals surface area contributed by atoms with Crippen LogP contribution in [0.4, 0.5) is 4.79 Å². The van der Waals surface area contributed by atoms with Gasteiger partial charge < -0.3 is 30.2 Å². The molecule has 0 saturated carbocycles. The monoisotopic (exact) mass is 591 g/mol. The van der Waals surface area contributed by atoms with E-state index in [2.05, 4.69) is 16.0 Å². The maximum absolute atomic E-state index is 13.1. The fourth-order valence-electron chi connectivity index (χ4n) is 4.17. The lowest BCUT2D eigenvalue weighted by molar-refractivity contribution is -0.123. The second-order valence-corrected chi connectivity index (χ2v) is 9.86. The summed E-state index contributed by atoms with van der Waals surface area (Å²) in [4.78, 5) is 49.2. The minimum Gasteiger partial charge on any atom is -0.478 e. The van der Waals surface area contributed by atoms with Gasteiger partial charge in [0, 0.05) is 29.1 Å². The molecule has 0 radical (unpaired) electrons. The van der Waals surface area contributed by atoms with Gasteiger partial charge in [-0.25, -0.2) is 9.59 Å². The molecule has 0 bridgehead atoms. The van der Waals surface area contributed by atoms with E-state index in [0.717, 1.165) is 10.9 Å². The Kier molecular flexibility index (Phi) is 10.5. The molecule has 0 fully saturated rings. The number of carboxylic acids is 1. The van der Waals surface area contributed by atoms with Crippen molar-refractivity contribution in [2.45, 2.75) is 31.9 Å². The Hall–Kier alpha value is -4.83. The SMILES string of the molecule is O=C(NCCC[C@H](NC(=O)c1cc2ccccc2o1)C(=O)NCCc1ccc(C(=O)O)cc1)OCc1ccccc1Cl. The van der Waals surface area contributed by atoms with E-state index in [-0.39, 0.29) is 37.4 Å². The van der Waals surface area contributed by atoms with Crippen LogP contribution in [0.5, 0.6) is 0 Å². The zero-order valence-electron chi connectivity index (χ0n) is 22.6. The van der Waals surface area contributed by atoms with Gasteiger partial charge in [0.15, 0.2) is 5.76 Å². The summed E-state index contributed by atoms with van der Waals surface area (Å²) in [6.07, 6.45) is 0.442. The summed E-state index contributed by atoms with van der Waals surface area (Å²) >= 11 is 6.08. The van der Waals surface area contributed by atoms with Crippen molar-refractivity contribution in [1.29, 1.82) is 0 Å². The molecule has 11 heteroatoms. The van der Waals surface area contributed by atoms with Crippen molar-refractivity contribution in [2.24, 2.45) is 0 Å². The normalized spacial score (nSPS) is 11.5. The highest BCUT2D eigenvalue weighted by molar-refractivity contribution is 6.31. The van der Waals surface area contributed by atoms with Crippen LogP contribution in [0.15, 0.2) is 83.3 Å². The number of furan rings is 1. The third-order valence-electron chi connectivity index (χ3n) is 6.44. The first-order valence-electron chi connectivity index (χ1n) is 13.3. The van der Waals surface area contributed by atoms with Gasteiger partial charge in [-0.3, -0.25) is 9.59 Å². The number of aromatic carboxylic acids is 1. The first-order chi connectivity index (χ1) is 20.3. The van der Waals surface area contributed by atoms with Crippen LogP contribution >= 0.6 is 11.6 Å². The maximum Gasteiger partial charge on any atom is 0.407 e. The molecular weight excluding hydrogens is 562 g/mol. The van der Waals surface area contributed by atoms with E-state index in [4.69, 9.17) is 25.9 Å². The van der Waals surface area contributed by atoms with Crippen molar-refractivity contribution < 1.29 is 33.4 Å². The van der Waals surface area contributed by atoms with E-state index in [1.54, 1.807) is 54.6 Å². The molecule has 0 saturated heterocycles. The lowest BCUT2D eigenvalue weighted by Gasteiger charge is -2.18. The number of carbonyl (C=O) groups excluding carboxylic acids is 3. The fraction of sp³-hybridized carbons (Fsp3) is 0.226. The molecular formula is C31H30ClN3O7. The Balaban J connectivity index is 1.30. The fourth-order valence-corrected chi connectivity index (χ4v) is 4.36. The number of carboxylic acid groups (broad SMARTS) is 1. The highest BCUT2D eigenvalue weighted by atomic mass is 35.5. The molecule has 0 aliphatic carbocycles. The molecule has 4 rings (SSSR count). The molecule has 0 unspecified atom stereocenters. The zero-order chi connectivity index (χ0) is 29.9. The Labute approximate surface area is 247 Å². The number of fused-ring (bicyclic) bond motifs is 1. The summed E-state index contributed by atoms with van der Waals surface area (Å²) in [5, 5.41) is 18.5. The molecule has 3 amide bonds. The van der Waals surface area contributed by atoms with Crippen molar-refractivity contribution in [3.8, 4) is 0 Å². The number of benzene rings is 3. The molecule has 0 aliphatic heterocycles. The predicted octanol–water partition coefficient (Wildman–Crippen LogP) is 4.95. The summed E-state index contributed by atoms with van der Waals surface area (Å²) in [5.74, 6) is -1.87. The lowest BCUT2D eigenvalue weighted by Crippen LogP contribution is -2.47. The quantitative estimate of drug-likeness (QED) is 0.161. The molecule has 4 aromatic rings. The molecule has 1 atom stereocenters. The number of amides is 3. The minimum atomic E-state index is -1.01. The number of halogens is 1. The Morgan fingerprint density at radius 3 is 2.38 bits per heavy atom. The number of ether oxygens (including phenoxy) is 1. The summed E-state index contributed by atoms with van der Waals surface area (Å²) in [6, 6.07) is 21.3. The number of alkyl carbamates (subject to hydrolysis) is 1. The van der Waals surface area contributed by atoms with Gasteiger partial charge in [0.05, 0.1) is 5.56 Å². The minimum absolute atomic E-state index is 0.0170. The number of carbonyl (C=O) groups is 4. The molecule has 1 aromatic heterocycles. The molecule has 0 spiro atoms. The van der Waals surface area contributed by atoms with E-state index in [1.165, 1.54) is 12.1 Å². The predicted molar refractivity (Wildman–Crippen MR) is 156 cm³/mol. The molecule has 3 aromatic carbocycles. The van der Waals surface area contributed by atoms with E-state index < -0.39 is 29.9 Å². The van der Waals surface area contributed by atoms with Crippen LogP contribution in [-0.4, -0.2) is 48.1 Å². The summed E-state index contributed by atoms with van der Waals surface area (Å²) < 4.78 is 10.8. The standard InChI is InChI=1S/C31H30ClN3O7/c32-24-8-3-1-7-23(24)19-41-31(40)34-16-5-9-25(35-29(37)27-18-22-6-2-4-10-26(22)42-27)28(36)33-17-15-20-11-13-21(14-12-20)30(38)39/h1-4,6-8,10-14,18,25H,5,9,15-17,19H2,(H,33,36)(H,34,40)(H,35,37)(H,38,39)/t25-/m0/s1. The van der Waals surface area contributed by atoms with Gasteiger partial charge in [0.1, 0.15) is 18.2 Å². The van der Waals surface area contributed by atoms with E-state index >= 15 is 0 Å². The van der Waals surface area contributed by atoms with Gasteiger partial charge in [-0.05, 0) is 55.2 Å². The summed E-state index contributed by atoms with van der Waals surface area (Å²) in [6.45, 7) is 0.500. The van der Waals surface area contributed by atoms with Crippen molar-refractivity contribution in [3.05, 3.63) is 106 Å². The van der Waals surface area contributed by atoms with Gasteiger partial charge in [-0.15, -0.1) is 0 Å². The molecule has 1 heterocycles. The van der Waals surface area contributed by atoms with Crippen molar-refractivity contribution in [1.82, 2.24) is 16.0 Å².